The third kappa shape index (κ3) is 9.17. The molecule has 0 aliphatic carbocycles. The maximum atomic E-state index is 13.1. The summed E-state index contributed by atoms with van der Waals surface area (Å²) in [6, 6.07) is 5.12. The van der Waals surface area contributed by atoms with Crippen LogP contribution in [0.1, 0.15) is 32.8 Å². The van der Waals surface area contributed by atoms with E-state index in [0.29, 0.717) is 6.42 Å². The Morgan fingerprint density at radius 2 is 1.88 bits per heavy atom. The molecule has 11 nitrogen and oxygen atoms in total. The summed E-state index contributed by atoms with van der Waals surface area (Å²) in [4.78, 5) is 49.7. The van der Waals surface area contributed by atoms with E-state index in [1.807, 2.05) is 31.2 Å². The van der Waals surface area contributed by atoms with Crippen LogP contribution < -0.4 is 72.2 Å². The summed E-state index contributed by atoms with van der Waals surface area (Å²) >= 11 is 0. The van der Waals surface area contributed by atoms with Crippen molar-refractivity contribution < 1.29 is 84.9 Å². The van der Waals surface area contributed by atoms with Gasteiger partial charge in [-0.25, -0.2) is 9.65 Å². The van der Waals surface area contributed by atoms with E-state index in [-0.39, 0.29) is 70.3 Å². The van der Waals surface area contributed by atoms with Crippen molar-refractivity contribution in [2.75, 3.05) is 13.2 Å². The standard InChI is InChI=1S/C21H31N4O7P.K/c1-4-13(3)19(25-33(30,31)32-5-2)21(29)24-17(20(28)23-12-18(26)27)10-14-11-22-16-9-7-6-8-15(14)16;/h6-9,11,13,17,19,22H,4-5,10,12H2,1-3H3,(H,23,28)(H,24,29)(H,26,27)(H2,25,30,31);/q;+1/p-1/t13-,17-,19-;/m0./s1. The minimum absolute atomic E-state index is 0. The molecule has 182 valence electrons. The number of H-pyrrole nitrogens is 1. The number of rotatable bonds is 13. The van der Waals surface area contributed by atoms with Gasteiger partial charge < -0.3 is 30.4 Å². The van der Waals surface area contributed by atoms with Gasteiger partial charge in [0, 0.05) is 23.5 Å². The molecule has 5 N–H and O–H groups in total. The second-order valence-corrected chi connectivity index (χ2v) is 9.20. The molecule has 2 aromatic rings. The van der Waals surface area contributed by atoms with Crippen molar-refractivity contribution >= 4 is 36.4 Å². The number of aliphatic carboxylic acids is 1. The van der Waals surface area contributed by atoms with Gasteiger partial charge in [-0.05, 0) is 24.5 Å². The molecule has 4 atom stereocenters. The molecular weight excluding hydrogens is 490 g/mol. The maximum absolute atomic E-state index is 13.1. The number of nitrogens with one attached hydrogen (secondary N) is 4. The van der Waals surface area contributed by atoms with Gasteiger partial charge in [0.25, 0.3) is 0 Å². The first-order valence-corrected chi connectivity index (χ1v) is 12.2. The topological polar surface area (TPSA) is 173 Å². The van der Waals surface area contributed by atoms with Crippen LogP contribution >= 0.6 is 7.75 Å². The summed E-state index contributed by atoms with van der Waals surface area (Å²) in [5, 5.41) is 18.8. The molecule has 1 heterocycles. The zero-order chi connectivity index (χ0) is 24.6. The molecule has 0 fully saturated rings. The molecule has 34 heavy (non-hydrogen) atoms. The fraction of sp³-hybridized carbons (Fsp3) is 0.476. The first-order valence-electron chi connectivity index (χ1n) is 10.7. The van der Waals surface area contributed by atoms with Crippen molar-refractivity contribution in [2.45, 2.75) is 45.7 Å². The molecule has 0 bridgehead atoms. The second kappa shape index (κ2) is 14.5. The Morgan fingerprint density at radius 1 is 1.21 bits per heavy atom. The van der Waals surface area contributed by atoms with Crippen molar-refractivity contribution in [3.63, 3.8) is 0 Å². The quantitative estimate of drug-likeness (QED) is 0.139. The number of carboxylic acid groups (broad SMARTS) is 1. The van der Waals surface area contributed by atoms with Crippen LogP contribution in [0.3, 0.4) is 0 Å². The van der Waals surface area contributed by atoms with Gasteiger partial charge in [0.15, 0.2) is 0 Å². The van der Waals surface area contributed by atoms with Gasteiger partial charge >= 0.3 is 59.1 Å². The number of aromatic nitrogens is 1. The Bertz CT molecular complexity index is 1030. The van der Waals surface area contributed by atoms with E-state index in [1.165, 1.54) is 0 Å². The van der Waals surface area contributed by atoms with Crippen molar-refractivity contribution in [1.29, 1.82) is 0 Å². The maximum Gasteiger partial charge on any atom is 1.00 e. The van der Waals surface area contributed by atoms with Gasteiger partial charge in [-0.1, -0.05) is 38.5 Å². The van der Waals surface area contributed by atoms with Crippen LogP contribution in [0.5, 0.6) is 0 Å². The molecule has 0 spiro atoms. The van der Waals surface area contributed by atoms with E-state index >= 15 is 0 Å². The van der Waals surface area contributed by atoms with Crippen molar-refractivity contribution in [3.05, 3.63) is 36.0 Å². The van der Waals surface area contributed by atoms with Gasteiger partial charge in [-0.3, -0.25) is 14.1 Å². The molecule has 0 saturated carbocycles. The van der Waals surface area contributed by atoms with Crippen LogP contribution in [-0.4, -0.2) is 52.9 Å². The van der Waals surface area contributed by atoms with Crippen molar-refractivity contribution in [2.24, 2.45) is 5.92 Å². The number of hydrogen-bond donors (Lipinski definition) is 5. The van der Waals surface area contributed by atoms with Crippen molar-refractivity contribution in [3.8, 4) is 0 Å². The Kier molecular flexibility index (Phi) is 13.2. The third-order valence-electron chi connectivity index (χ3n) is 5.24. The first kappa shape index (κ1) is 30.9. The molecule has 1 aromatic heterocycles. The summed E-state index contributed by atoms with van der Waals surface area (Å²) in [6.45, 7) is 4.31. The van der Waals surface area contributed by atoms with Crippen LogP contribution in [0.2, 0.25) is 0 Å². The van der Waals surface area contributed by atoms with E-state index < -0.39 is 44.2 Å². The smallest absolute Gasteiger partial charge is 0.548 e. The SMILES string of the molecule is CCOP(=O)(O)N[C@H](C(=O)N[C@@H](Cc1c[nH]c2ccccc12)C(=O)NCC(=O)[O-])[C@@H](C)CC.[K+]. The zero-order valence-electron chi connectivity index (χ0n) is 19.8. The number of para-hydroxylation sites is 1. The monoisotopic (exact) mass is 520 g/mol. The van der Waals surface area contributed by atoms with E-state index in [1.54, 1.807) is 20.0 Å². The Labute approximate surface area is 240 Å². The fourth-order valence-electron chi connectivity index (χ4n) is 3.34. The summed E-state index contributed by atoms with van der Waals surface area (Å²) in [6.07, 6.45) is 2.27. The minimum atomic E-state index is -4.25. The Morgan fingerprint density at radius 3 is 2.50 bits per heavy atom. The van der Waals surface area contributed by atoms with E-state index in [0.717, 1.165) is 16.5 Å². The molecule has 1 unspecified atom stereocenters. The van der Waals surface area contributed by atoms with Gasteiger partial charge in [0.1, 0.15) is 6.04 Å². The number of aromatic amines is 1. The molecule has 0 aliphatic rings. The summed E-state index contributed by atoms with van der Waals surface area (Å²) in [5.41, 5.74) is 1.57. The summed E-state index contributed by atoms with van der Waals surface area (Å²) in [7, 11) is -4.25. The first-order chi connectivity index (χ1) is 15.6. The number of carbonyl (C=O) groups excluding carboxylic acids is 3. The van der Waals surface area contributed by atoms with Gasteiger partial charge in [-0.15, -0.1) is 0 Å². The van der Waals surface area contributed by atoms with E-state index in [9.17, 15) is 28.9 Å². The van der Waals surface area contributed by atoms with E-state index in [4.69, 9.17) is 4.52 Å². The molecule has 2 rings (SSSR count). The van der Waals surface area contributed by atoms with Gasteiger partial charge in [0.2, 0.25) is 11.8 Å². The van der Waals surface area contributed by atoms with Gasteiger partial charge in [0.05, 0.1) is 25.2 Å². The average molecular weight is 521 g/mol. The zero-order valence-corrected chi connectivity index (χ0v) is 23.8. The minimum Gasteiger partial charge on any atom is -0.548 e. The van der Waals surface area contributed by atoms with Crippen LogP contribution in [0.4, 0.5) is 0 Å². The average Bonchev–Trinajstić information content (AvgIpc) is 3.17. The van der Waals surface area contributed by atoms with Crippen LogP contribution in [0.25, 0.3) is 10.9 Å². The van der Waals surface area contributed by atoms with Gasteiger partial charge in [-0.2, -0.15) is 0 Å². The molecule has 1 aromatic carbocycles. The van der Waals surface area contributed by atoms with Crippen LogP contribution in [-0.2, 0) is 29.9 Å². The fourth-order valence-corrected chi connectivity index (χ4v) is 4.49. The Balaban J connectivity index is 0.00000578. The number of fused-ring (bicyclic) bond motifs is 1. The van der Waals surface area contributed by atoms with Crippen LogP contribution in [0, 0.1) is 5.92 Å². The molecule has 0 aliphatic heterocycles. The number of carboxylic acids is 1. The molecule has 0 radical (unpaired) electrons. The van der Waals surface area contributed by atoms with E-state index in [2.05, 4.69) is 20.7 Å². The third-order valence-corrected chi connectivity index (χ3v) is 6.45. The van der Waals surface area contributed by atoms with Crippen molar-refractivity contribution in [1.82, 2.24) is 20.7 Å². The normalized spacial score (nSPS) is 15.4. The number of benzene rings is 1. The predicted molar refractivity (Wildman–Crippen MR) is 120 cm³/mol. The largest absolute Gasteiger partial charge is 1.00 e. The summed E-state index contributed by atoms with van der Waals surface area (Å²) < 4.78 is 17.1. The Hall–Kier alpha value is -1.08. The molecule has 2 amide bonds. The van der Waals surface area contributed by atoms with Crippen LogP contribution in [0.15, 0.2) is 30.5 Å². The second-order valence-electron chi connectivity index (χ2n) is 7.65. The number of amides is 2. The molecule has 0 saturated heterocycles. The molecule has 13 heteroatoms. The predicted octanol–water partition coefficient (Wildman–Crippen LogP) is -2.79. The summed E-state index contributed by atoms with van der Waals surface area (Å²) in [5.74, 6) is -3.26. The number of hydrogen-bond acceptors (Lipinski definition) is 6. The number of carbonyl (C=O) groups is 3. The molecular formula is C21H30KN4O7P.